The first kappa shape index (κ1) is 19.4. The van der Waals surface area contributed by atoms with E-state index in [2.05, 4.69) is 41.5 Å². The molecular weight excluding hydrogens is 348 g/mol. The maximum absolute atomic E-state index is 10.8. The lowest BCUT2D eigenvalue weighted by Gasteiger charge is -2.70. The van der Waals surface area contributed by atoms with Crippen LogP contribution < -0.4 is 0 Å². The smallest absolute Gasteiger partial charge is 0.188 e. The first-order valence-corrected chi connectivity index (χ1v) is 11.7. The predicted octanol–water partition coefficient (Wildman–Crippen LogP) is 5.67. The standard InChI is InChI=1S/C25H40O3/c1-15-16-7-11-25(6)21(16)17(28-14-27-15)13-19-23(4)10-9-20(26)22(2,3)18(23)8-12-24(19,25)5/h17-21,26H,7-14H2,1-6H3/t17-,18+,19-,20+,21+,23+,24-,25-/m1/s1. The van der Waals surface area contributed by atoms with Gasteiger partial charge in [0.1, 0.15) is 0 Å². The molecule has 0 spiro atoms. The quantitative estimate of drug-likeness (QED) is 0.581. The maximum atomic E-state index is 10.8. The fourth-order valence-corrected chi connectivity index (χ4v) is 9.35. The van der Waals surface area contributed by atoms with Gasteiger partial charge in [-0.15, -0.1) is 0 Å². The van der Waals surface area contributed by atoms with Crippen molar-refractivity contribution in [3.63, 3.8) is 0 Å². The Kier molecular flexibility index (Phi) is 4.01. The third-order valence-electron chi connectivity index (χ3n) is 11.2. The van der Waals surface area contributed by atoms with Crippen LogP contribution in [0.2, 0.25) is 0 Å². The lowest BCUT2D eigenvalue weighted by Crippen LogP contribution is -2.65. The number of rotatable bonds is 0. The molecule has 3 nitrogen and oxygen atoms in total. The first-order chi connectivity index (χ1) is 13.1. The number of ether oxygens (including phenoxy) is 2. The summed E-state index contributed by atoms with van der Waals surface area (Å²) >= 11 is 0. The lowest BCUT2D eigenvalue weighted by molar-refractivity contribution is -0.244. The molecule has 4 aliphatic carbocycles. The van der Waals surface area contributed by atoms with Crippen molar-refractivity contribution < 1.29 is 14.6 Å². The van der Waals surface area contributed by atoms with Crippen LogP contribution in [0.4, 0.5) is 0 Å². The van der Waals surface area contributed by atoms with Crippen molar-refractivity contribution in [2.24, 2.45) is 39.4 Å². The van der Waals surface area contributed by atoms with Crippen LogP contribution in [0.15, 0.2) is 11.3 Å². The van der Waals surface area contributed by atoms with Crippen molar-refractivity contribution in [2.45, 2.75) is 98.7 Å². The van der Waals surface area contributed by atoms with E-state index in [0.29, 0.717) is 46.9 Å². The van der Waals surface area contributed by atoms with Gasteiger partial charge < -0.3 is 14.6 Å². The molecular formula is C25H40O3. The van der Waals surface area contributed by atoms with Crippen LogP contribution in [0.5, 0.6) is 0 Å². The zero-order valence-electron chi connectivity index (χ0n) is 18.8. The van der Waals surface area contributed by atoms with E-state index in [1.54, 1.807) is 5.57 Å². The highest BCUT2D eigenvalue weighted by Crippen LogP contribution is 2.75. The van der Waals surface area contributed by atoms with Crippen LogP contribution in [-0.2, 0) is 9.47 Å². The fourth-order valence-electron chi connectivity index (χ4n) is 9.35. The van der Waals surface area contributed by atoms with E-state index in [4.69, 9.17) is 9.47 Å². The second-order valence-electron chi connectivity index (χ2n) is 12.1. The van der Waals surface area contributed by atoms with E-state index in [-0.39, 0.29) is 11.5 Å². The monoisotopic (exact) mass is 388 g/mol. The second kappa shape index (κ2) is 5.78. The molecule has 0 bridgehead atoms. The molecule has 8 atom stereocenters. The van der Waals surface area contributed by atoms with Crippen molar-refractivity contribution in [1.82, 2.24) is 0 Å². The van der Waals surface area contributed by atoms with Crippen LogP contribution in [0.3, 0.4) is 0 Å². The SMILES string of the molecule is CC1=C2CC[C@]3(C)[C@@H]2[C@@H](C[C@@H]2[C@@]4(C)CC[C@H](O)C(C)(C)[C@@H]4CC[C@]23C)OCO1. The van der Waals surface area contributed by atoms with Gasteiger partial charge in [0.2, 0.25) is 0 Å². The average molecular weight is 389 g/mol. The van der Waals surface area contributed by atoms with Crippen LogP contribution in [0, 0.1) is 39.4 Å². The Bertz CT molecular complexity index is 711. The van der Waals surface area contributed by atoms with Crippen LogP contribution in [0.25, 0.3) is 0 Å². The third-order valence-corrected chi connectivity index (χ3v) is 11.2. The molecule has 1 heterocycles. The Balaban J connectivity index is 1.61. The van der Waals surface area contributed by atoms with Crippen molar-refractivity contribution >= 4 is 0 Å². The number of fused-ring (bicyclic) bond motifs is 4. The summed E-state index contributed by atoms with van der Waals surface area (Å²) in [5.41, 5.74) is 2.49. The van der Waals surface area contributed by atoms with Gasteiger partial charge in [-0.25, -0.2) is 0 Å². The summed E-state index contributed by atoms with van der Waals surface area (Å²) < 4.78 is 12.4. The average Bonchev–Trinajstić information content (AvgIpc) is 2.91. The lowest BCUT2D eigenvalue weighted by atomic mass is 9.35. The number of aliphatic hydroxyl groups is 1. The Labute approximate surface area is 171 Å². The number of hydrogen-bond donors (Lipinski definition) is 1. The Morgan fingerprint density at radius 3 is 2.43 bits per heavy atom. The van der Waals surface area contributed by atoms with E-state index in [0.717, 1.165) is 25.0 Å². The van der Waals surface area contributed by atoms with Gasteiger partial charge in [-0.05, 0) is 90.9 Å². The van der Waals surface area contributed by atoms with E-state index in [1.807, 2.05) is 0 Å². The molecule has 5 rings (SSSR count). The first-order valence-electron chi connectivity index (χ1n) is 11.7. The highest BCUT2D eigenvalue weighted by Gasteiger charge is 2.70. The number of allylic oxidation sites excluding steroid dienone is 1. The molecule has 0 unspecified atom stereocenters. The van der Waals surface area contributed by atoms with E-state index in [1.165, 1.54) is 25.7 Å². The van der Waals surface area contributed by atoms with E-state index >= 15 is 0 Å². The molecule has 0 amide bonds. The van der Waals surface area contributed by atoms with Gasteiger partial charge in [-0.1, -0.05) is 34.6 Å². The van der Waals surface area contributed by atoms with Gasteiger partial charge in [0.05, 0.1) is 18.0 Å². The summed E-state index contributed by atoms with van der Waals surface area (Å²) in [5, 5.41) is 10.8. The fraction of sp³-hybridized carbons (Fsp3) is 0.920. The van der Waals surface area contributed by atoms with Gasteiger partial charge in [0.25, 0.3) is 0 Å². The van der Waals surface area contributed by atoms with Crippen molar-refractivity contribution in [3.05, 3.63) is 11.3 Å². The molecule has 0 radical (unpaired) electrons. The molecule has 5 aliphatic rings. The molecule has 28 heavy (non-hydrogen) atoms. The molecule has 0 aromatic rings. The zero-order chi connectivity index (χ0) is 20.1. The normalized spacial score (nSPS) is 54.9. The molecule has 1 N–H and O–H groups in total. The van der Waals surface area contributed by atoms with Gasteiger partial charge in [-0.3, -0.25) is 0 Å². The van der Waals surface area contributed by atoms with Gasteiger partial charge in [0.15, 0.2) is 6.79 Å². The predicted molar refractivity (Wildman–Crippen MR) is 110 cm³/mol. The highest BCUT2D eigenvalue weighted by atomic mass is 16.7. The summed E-state index contributed by atoms with van der Waals surface area (Å²) in [4.78, 5) is 0. The minimum Gasteiger partial charge on any atom is -0.472 e. The van der Waals surface area contributed by atoms with E-state index < -0.39 is 0 Å². The summed E-state index contributed by atoms with van der Waals surface area (Å²) in [7, 11) is 0. The Morgan fingerprint density at radius 2 is 1.68 bits per heavy atom. The van der Waals surface area contributed by atoms with E-state index in [9.17, 15) is 5.11 Å². The van der Waals surface area contributed by atoms with Crippen LogP contribution in [-0.4, -0.2) is 24.1 Å². The molecule has 158 valence electrons. The second-order valence-corrected chi connectivity index (χ2v) is 12.1. The molecule has 0 aromatic carbocycles. The van der Waals surface area contributed by atoms with Crippen molar-refractivity contribution in [3.8, 4) is 0 Å². The highest BCUT2D eigenvalue weighted by molar-refractivity contribution is 5.29. The molecule has 1 aliphatic heterocycles. The van der Waals surface area contributed by atoms with Gasteiger partial charge in [0, 0.05) is 5.92 Å². The van der Waals surface area contributed by atoms with Gasteiger partial charge >= 0.3 is 0 Å². The number of hydrogen-bond acceptors (Lipinski definition) is 3. The third kappa shape index (κ3) is 2.14. The topological polar surface area (TPSA) is 38.7 Å². The number of aliphatic hydroxyl groups excluding tert-OH is 1. The Hall–Kier alpha value is -0.540. The zero-order valence-corrected chi connectivity index (χ0v) is 18.8. The summed E-state index contributed by atoms with van der Waals surface area (Å²) in [6.07, 6.45) is 8.41. The largest absolute Gasteiger partial charge is 0.472 e. The molecule has 4 saturated carbocycles. The molecule has 3 heteroatoms. The molecule has 0 aromatic heterocycles. The van der Waals surface area contributed by atoms with Crippen molar-refractivity contribution in [1.29, 1.82) is 0 Å². The van der Waals surface area contributed by atoms with Crippen molar-refractivity contribution in [2.75, 3.05) is 6.79 Å². The van der Waals surface area contributed by atoms with Crippen LogP contribution in [0.1, 0.15) is 86.5 Å². The minimum absolute atomic E-state index is 0.0107. The van der Waals surface area contributed by atoms with Crippen LogP contribution >= 0.6 is 0 Å². The van der Waals surface area contributed by atoms with Gasteiger partial charge in [-0.2, -0.15) is 0 Å². The Morgan fingerprint density at radius 1 is 0.929 bits per heavy atom. The minimum atomic E-state index is -0.159. The molecule has 4 fully saturated rings. The summed E-state index contributed by atoms with van der Waals surface area (Å²) in [6, 6.07) is 0. The summed E-state index contributed by atoms with van der Waals surface area (Å²) in [6.45, 7) is 15.0. The summed E-state index contributed by atoms with van der Waals surface area (Å²) in [5.74, 6) is 2.93. The maximum Gasteiger partial charge on any atom is 0.188 e. The molecule has 0 saturated heterocycles.